The third-order valence-corrected chi connectivity index (χ3v) is 3.56. The van der Waals surface area contributed by atoms with Crippen molar-refractivity contribution in [3.8, 4) is 5.75 Å². The minimum atomic E-state index is -1.08. The van der Waals surface area contributed by atoms with Gasteiger partial charge in [0, 0.05) is 38.3 Å². The second kappa shape index (κ2) is 5.35. The molecule has 1 aliphatic rings. The second-order valence-corrected chi connectivity index (χ2v) is 4.86. The van der Waals surface area contributed by atoms with Gasteiger partial charge in [0.25, 0.3) is 5.69 Å². The molecule has 110 valence electrons. The molecule has 0 bridgehead atoms. The summed E-state index contributed by atoms with van der Waals surface area (Å²) in [5.74, 6) is 0.488. The molecule has 0 fully saturated rings. The van der Waals surface area contributed by atoms with E-state index in [1.54, 1.807) is 6.92 Å². The first-order chi connectivity index (χ1) is 9.42. The number of nitro groups is 1. The zero-order valence-electron chi connectivity index (χ0n) is 11.5. The quantitative estimate of drug-likeness (QED) is 0.508. The van der Waals surface area contributed by atoms with Crippen LogP contribution in [0.15, 0.2) is 18.2 Å². The molecule has 1 aromatic carbocycles. The molecule has 1 N–H and O–H groups in total. The minimum absolute atomic E-state index is 0.0295. The zero-order chi connectivity index (χ0) is 14.9. The summed E-state index contributed by atoms with van der Waals surface area (Å²) < 4.78 is 16.1. The monoisotopic (exact) mass is 283 g/mol. The summed E-state index contributed by atoms with van der Waals surface area (Å²) in [7, 11) is 2.92. The number of rotatable bonds is 4. The van der Waals surface area contributed by atoms with Gasteiger partial charge in [0.05, 0.1) is 4.92 Å². The van der Waals surface area contributed by atoms with Crippen molar-refractivity contribution < 1.29 is 24.2 Å². The lowest BCUT2D eigenvalue weighted by Crippen LogP contribution is -2.58. The van der Waals surface area contributed by atoms with Crippen molar-refractivity contribution >= 4 is 5.69 Å². The van der Waals surface area contributed by atoms with Crippen molar-refractivity contribution in [1.82, 2.24) is 0 Å². The van der Waals surface area contributed by atoms with Crippen LogP contribution >= 0.6 is 0 Å². The van der Waals surface area contributed by atoms with Gasteiger partial charge in [0.2, 0.25) is 0 Å². The topological polar surface area (TPSA) is 91.1 Å². The molecule has 0 radical (unpaired) electrons. The van der Waals surface area contributed by atoms with Crippen LogP contribution in [0.3, 0.4) is 0 Å². The highest BCUT2D eigenvalue weighted by atomic mass is 16.7. The number of nitro benzene ring substituents is 1. The van der Waals surface area contributed by atoms with E-state index >= 15 is 0 Å². The largest absolute Gasteiger partial charge is 0.479 e. The van der Waals surface area contributed by atoms with Gasteiger partial charge >= 0.3 is 0 Å². The number of nitrogens with zero attached hydrogens (tertiary/aromatic N) is 1. The van der Waals surface area contributed by atoms with Crippen molar-refractivity contribution in [2.24, 2.45) is 0 Å². The van der Waals surface area contributed by atoms with E-state index in [9.17, 15) is 15.2 Å². The third-order valence-electron chi connectivity index (χ3n) is 3.56. The van der Waals surface area contributed by atoms with E-state index in [4.69, 9.17) is 14.2 Å². The van der Waals surface area contributed by atoms with E-state index in [1.807, 2.05) is 0 Å². The van der Waals surface area contributed by atoms with Crippen LogP contribution in [0, 0.1) is 10.1 Å². The van der Waals surface area contributed by atoms with Gasteiger partial charge in [0.15, 0.2) is 11.9 Å². The lowest BCUT2D eigenvalue weighted by Gasteiger charge is -2.43. The Balaban J connectivity index is 2.36. The molecule has 0 amide bonds. The number of hydrogen-bond donors (Lipinski definition) is 1. The van der Waals surface area contributed by atoms with E-state index in [-0.39, 0.29) is 12.1 Å². The Kier molecular flexibility index (Phi) is 3.94. The summed E-state index contributed by atoms with van der Waals surface area (Å²) in [6.45, 7) is 1.68. The lowest BCUT2D eigenvalue weighted by molar-refractivity contribution is -0.385. The van der Waals surface area contributed by atoms with Crippen molar-refractivity contribution in [2.45, 2.75) is 31.3 Å². The molecule has 0 aromatic heterocycles. The fourth-order valence-corrected chi connectivity index (χ4v) is 2.42. The van der Waals surface area contributed by atoms with E-state index in [0.717, 1.165) is 0 Å². The number of aliphatic hydroxyl groups excluding tert-OH is 1. The molecule has 7 nitrogen and oxygen atoms in total. The van der Waals surface area contributed by atoms with Crippen LogP contribution in [0.1, 0.15) is 12.5 Å². The molecule has 2 atom stereocenters. The van der Waals surface area contributed by atoms with Gasteiger partial charge in [-0.05, 0) is 13.0 Å². The Morgan fingerprint density at radius 1 is 1.50 bits per heavy atom. The lowest BCUT2D eigenvalue weighted by atomic mass is 9.88. The summed E-state index contributed by atoms with van der Waals surface area (Å²) in [6, 6.07) is 4.30. The Labute approximate surface area is 116 Å². The molecule has 20 heavy (non-hydrogen) atoms. The van der Waals surface area contributed by atoms with Gasteiger partial charge in [-0.1, -0.05) is 0 Å². The molecule has 1 aliphatic heterocycles. The van der Waals surface area contributed by atoms with Gasteiger partial charge in [0.1, 0.15) is 11.9 Å². The normalized spacial score (nSPS) is 25.1. The summed E-state index contributed by atoms with van der Waals surface area (Å²) >= 11 is 0. The number of benzene rings is 1. The molecular formula is C13H17NO6. The fraction of sp³-hybridized carbons (Fsp3) is 0.538. The van der Waals surface area contributed by atoms with Crippen LogP contribution < -0.4 is 4.74 Å². The summed E-state index contributed by atoms with van der Waals surface area (Å²) in [5.41, 5.74) is -0.513. The number of non-ortho nitro benzene ring substituents is 1. The average Bonchev–Trinajstić information content (AvgIpc) is 2.40. The van der Waals surface area contributed by atoms with E-state index < -0.39 is 22.9 Å². The van der Waals surface area contributed by atoms with E-state index in [1.165, 1.54) is 32.4 Å². The maximum atomic E-state index is 10.8. The first-order valence-electron chi connectivity index (χ1n) is 6.12. The number of hydrogen-bond acceptors (Lipinski definition) is 6. The minimum Gasteiger partial charge on any atom is -0.479 e. The number of ether oxygens (including phenoxy) is 3. The molecule has 0 saturated carbocycles. The van der Waals surface area contributed by atoms with Gasteiger partial charge < -0.3 is 19.3 Å². The highest BCUT2D eigenvalue weighted by molar-refractivity contribution is 5.46. The van der Waals surface area contributed by atoms with Gasteiger partial charge in [-0.3, -0.25) is 10.1 Å². The molecule has 0 aliphatic carbocycles. The predicted molar refractivity (Wildman–Crippen MR) is 69.6 cm³/mol. The summed E-state index contributed by atoms with van der Waals surface area (Å²) in [6.07, 6.45) is -1.42. The number of aliphatic hydroxyl groups is 1. The summed E-state index contributed by atoms with van der Waals surface area (Å²) in [4.78, 5) is 10.3. The van der Waals surface area contributed by atoms with Crippen molar-refractivity contribution in [3.05, 3.63) is 33.9 Å². The maximum Gasteiger partial charge on any atom is 0.269 e. The van der Waals surface area contributed by atoms with Gasteiger partial charge in [-0.15, -0.1) is 0 Å². The Hall–Kier alpha value is -1.70. The Morgan fingerprint density at radius 3 is 2.70 bits per heavy atom. The van der Waals surface area contributed by atoms with Crippen LogP contribution in [0.5, 0.6) is 5.75 Å². The molecule has 2 rings (SSSR count). The highest BCUT2D eigenvalue weighted by Crippen LogP contribution is 2.37. The van der Waals surface area contributed by atoms with Crippen molar-refractivity contribution in [2.75, 3.05) is 14.2 Å². The Morgan fingerprint density at radius 2 is 2.15 bits per heavy atom. The average molecular weight is 283 g/mol. The van der Waals surface area contributed by atoms with E-state index in [0.29, 0.717) is 11.3 Å². The van der Waals surface area contributed by atoms with Crippen LogP contribution in [0.2, 0.25) is 0 Å². The molecular weight excluding hydrogens is 266 g/mol. The predicted octanol–water partition coefficient (Wildman–Crippen LogP) is 1.27. The van der Waals surface area contributed by atoms with E-state index in [2.05, 4.69) is 0 Å². The maximum absolute atomic E-state index is 10.8. The van der Waals surface area contributed by atoms with Crippen LogP contribution in [0.4, 0.5) is 5.69 Å². The van der Waals surface area contributed by atoms with Gasteiger partial charge in [-0.2, -0.15) is 0 Å². The fourth-order valence-electron chi connectivity index (χ4n) is 2.42. The van der Waals surface area contributed by atoms with Gasteiger partial charge in [-0.25, -0.2) is 0 Å². The first-order valence-corrected chi connectivity index (χ1v) is 6.12. The number of methoxy groups -OCH3 is 2. The second-order valence-electron chi connectivity index (χ2n) is 4.86. The molecule has 0 saturated heterocycles. The molecule has 2 unspecified atom stereocenters. The summed E-state index contributed by atoms with van der Waals surface area (Å²) in [5, 5.41) is 21.0. The molecule has 7 heteroatoms. The number of fused-ring (bicyclic) bond motifs is 1. The first kappa shape index (κ1) is 14.7. The van der Waals surface area contributed by atoms with Crippen LogP contribution in [0.25, 0.3) is 0 Å². The Bertz CT molecular complexity index is 516. The smallest absolute Gasteiger partial charge is 0.269 e. The van der Waals surface area contributed by atoms with Crippen LogP contribution in [-0.2, 0) is 15.9 Å². The molecule has 1 aromatic rings. The standard InChI is InChI=1S/C13H17NO6/c1-13(12(18-2)19-3)11(15)7-8-6-9(14(16)17)4-5-10(8)20-13/h4-6,11-12,15H,7H2,1-3H3. The van der Waals surface area contributed by atoms with Crippen LogP contribution in [-0.4, -0.2) is 42.2 Å². The SMILES string of the molecule is COC(OC)C1(C)Oc2ccc([N+](=O)[O-])cc2CC1O. The molecule has 0 spiro atoms. The molecule has 1 heterocycles. The van der Waals surface area contributed by atoms with Crippen molar-refractivity contribution in [3.63, 3.8) is 0 Å². The van der Waals surface area contributed by atoms with Crippen molar-refractivity contribution in [1.29, 1.82) is 0 Å². The highest BCUT2D eigenvalue weighted by Gasteiger charge is 2.47. The third kappa shape index (κ3) is 2.35. The zero-order valence-corrected chi connectivity index (χ0v) is 11.5.